The molecule has 0 saturated carbocycles. The fourth-order valence-corrected chi connectivity index (χ4v) is 2.87. The maximum Gasteiger partial charge on any atom is 0.222 e. The lowest BCUT2D eigenvalue weighted by molar-refractivity contribution is -0.121. The number of guanidine groups is 1. The number of aliphatic hydroxyl groups is 1. The van der Waals surface area contributed by atoms with E-state index in [1.165, 1.54) is 0 Å². The van der Waals surface area contributed by atoms with Gasteiger partial charge >= 0.3 is 0 Å². The zero-order valence-corrected chi connectivity index (χ0v) is 18.6. The van der Waals surface area contributed by atoms with Crippen molar-refractivity contribution in [3.8, 4) is 5.75 Å². The molecule has 2 aromatic rings. The summed E-state index contributed by atoms with van der Waals surface area (Å²) in [5.74, 6) is 1.25. The number of aliphatic hydroxyl groups excluding tert-OH is 1. The molecule has 2 rings (SSSR count). The number of benzene rings is 2. The van der Waals surface area contributed by atoms with E-state index in [4.69, 9.17) is 4.74 Å². The molecular weight excluding hydrogens is 392 g/mol. The number of rotatable bonds is 11. The smallest absolute Gasteiger partial charge is 0.222 e. The molecular formula is C24H34N4O3. The Morgan fingerprint density at radius 3 is 2.55 bits per heavy atom. The fourth-order valence-electron chi connectivity index (χ4n) is 2.87. The largest absolute Gasteiger partial charge is 0.491 e. The van der Waals surface area contributed by atoms with Crippen LogP contribution in [-0.2, 0) is 11.3 Å². The number of nitrogens with zero attached hydrogens (tertiary/aromatic N) is 1. The van der Waals surface area contributed by atoms with Crippen LogP contribution in [0.3, 0.4) is 0 Å². The topological polar surface area (TPSA) is 95.0 Å². The molecule has 168 valence electrons. The molecule has 0 fully saturated rings. The maximum atomic E-state index is 12.1. The van der Waals surface area contributed by atoms with E-state index in [-0.39, 0.29) is 18.6 Å². The van der Waals surface area contributed by atoms with Gasteiger partial charge in [0.15, 0.2) is 5.96 Å². The second-order valence-electron chi connectivity index (χ2n) is 7.41. The average molecular weight is 427 g/mol. The molecule has 7 nitrogen and oxygen atoms in total. The van der Waals surface area contributed by atoms with Crippen molar-refractivity contribution in [1.29, 1.82) is 0 Å². The van der Waals surface area contributed by atoms with Gasteiger partial charge in [0, 0.05) is 26.1 Å². The second kappa shape index (κ2) is 13.3. The number of hydrogen-bond donors (Lipinski definition) is 4. The van der Waals surface area contributed by atoms with Crippen molar-refractivity contribution in [2.24, 2.45) is 4.99 Å². The van der Waals surface area contributed by atoms with E-state index < -0.39 is 6.10 Å². The maximum absolute atomic E-state index is 12.1. The number of carbonyl (C=O) groups is 1. The number of hydrogen-bond acceptors (Lipinski definition) is 4. The predicted molar refractivity (Wildman–Crippen MR) is 124 cm³/mol. The van der Waals surface area contributed by atoms with Gasteiger partial charge in [-0.15, -0.1) is 0 Å². The fraction of sp³-hybridized carbons (Fsp3) is 0.417. The van der Waals surface area contributed by atoms with Gasteiger partial charge in [-0.25, -0.2) is 0 Å². The Morgan fingerprint density at radius 2 is 1.84 bits per heavy atom. The van der Waals surface area contributed by atoms with Gasteiger partial charge in [-0.2, -0.15) is 0 Å². The first kappa shape index (κ1) is 24.2. The summed E-state index contributed by atoms with van der Waals surface area (Å²) in [7, 11) is 0. The summed E-state index contributed by atoms with van der Waals surface area (Å²) in [4.78, 5) is 16.5. The molecule has 0 spiro atoms. The second-order valence-corrected chi connectivity index (χ2v) is 7.41. The Hall–Kier alpha value is -3.06. The number of ether oxygens (including phenoxy) is 1. The highest BCUT2D eigenvalue weighted by atomic mass is 16.5. The summed E-state index contributed by atoms with van der Waals surface area (Å²) in [5, 5.41) is 19.7. The Bertz CT molecular complexity index is 825. The minimum absolute atomic E-state index is 0.0331. The van der Waals surface area contributed by atoms with Crippen molar-refractivity contribution in [2.45, 2.75) is 45.9 Å². The van der Waals surface area contributed by atoms with E-state index in [1.807, 2.05) is 75.4 Å². The van der Waals surface area contributed by atoms with E-state index in [0.29, 0.717) is 32.0 Å². The van der Waals surface area contributed by atoms with Gasteiger partial charge in [-0.05, 0) is 44.0 Å². The van der Waals surface area contributed by atoms with Gasteiger partial charge in [-0.1, -0.05) is 42.5 Å². The van der Waals surface area contributed by atoms with Crippen LogP contribution in [0.15, 0.2) is 59.6 Å². The molecule has 31 heavy (non-hydrogen) atoms. The van der Waals surface area contributed by atoms with Gasteiger partial charge in [0.1, 0.15) is 5.75 Å². The molecule has 0 aliphatic carbocycles. The number of aliphatic imine (C=N–C) groups is 1. The summed E-state index contributed by atoms with van der Waals surface area (Å²) in [5.41, 5.74) is 1.81. The molecule has 0 bridgehead atoms. The molecule has 1 unspecified atom stereocenters. The SMILES string of the molecule is CCNC(=NCC(O)c1cccc(OC(C)C)c1)NCCC(=O)NCc1ccccc1. The highest BCUT2D eigenvalue weighted by Gasteiger charge is 2.10. The lowest BCUT2D eigenvalue weighted by Crippen LogP contribution is -2.39. The van der Waals surface area contributed by atoms with Crippen LogP contribution in [-0.4, -0.2) is 42.7 Å². The molecule has 4 N–H and O–H groups in total. The van der Waals surface area contributed by atoms with Crippen LogP contribution >= 0.6 is 0 Å². The molecule has 7 heteroatoms. The van der Waals surface area contributed by atoms with Crippen LogP contribution in [0.1, 0.15) is 44.4 Å². The minimum Gasteiger partial charge on any atom is -0.491 e. The normalized spacial score (nSPS) is 12.4. The van der Waals surface area contributed by atoms with E-state index >= 15 is 0 Å². The summed E-state index contributed by atoms with van der Waals surface area (Å²) in [6.45, 7) is 7.72. The molecule has 1 amide bonds. The van der Waals surface area contributed by atoms with Crippen LogP contribution in [0.2, 0.25) is 0 Å². The quantitative estimate of drug-likeness (QED) is 0.327. The standard InChI is InChI=1S/C24H34N4O3/c1-4-25-24(26-14-13-23(30)27-16-19-9-6-5-7-10-19)28-17-22(29)20-11-8-12-21(15-20)31-18(2)3/h5-12,15,18,22,29H,4,13-14,16-17H2,1-3H3,(H,27,30)(H2,25,26,28). The van der Waals surface area contributed by atoms with Gasteiger partial charge in [-0.3, -0.25) is 9.79 Å². The summed E-state index contributed by atoms with van der Waals surface area (Å²) >= 11 is 0. The first-order valence-electron chi connectivity index (χ1n) is 10.8. The first-order valence-corrected chi connectivity index (χ1v) is 10.8. The van der Waals surface area contributed by atoms with Gasteiger partial charge in [0.2, 0.25) is 5.91 Å². The molecule has 0 radical (unpaired) electrons. The lowest BCUT2D eigenvalue weighted by Gasteiger charge is -2.15. The van der Waals surface area contributed by atoms with E-state index in [2.05, 4.69) is 20.9 Å². The van der Waals surface area contributed by atoms with Crippen molar-refractivity contribution >= 4 is 11.9 Å². The molecule has 2 aromatic carbocycles. The number of nitrogens with one attached hydrogen (secondary N) is 3. The van der Waals surface area contributed by atoms with Gasteiger partial charge in [0.05, 0.1) is 18.8 Å². The first-order chi connectivity index (χ1) is 15.0. The van der Waals surface area contributed by atoms with Crippen molar-refractivity contribution in [3.05, 3.63) is 65.7 Å². The van der Waals surface area contributed by atoms with Crippen LogP contribution in [0.4, 0.5) is 0 Å². The Balaban J connectivity index is 1.80. The number of amides is 1. The predicted octanol–water partition coefficient (Wildman–Crippen LogP) is 2.77. The van der Waals surface area contributed by atoms with Crippen LogP contribution in [0, 0.1) is 0 Å². The number of carbonyl (C=O) groups excluding carboxylic acids is 1. The molecule has 0 saturated heterocycles. The molecule has 0 aliphatic rings. The Morgan fingerprint density at radius 1 is 1.06 bits per heavy atom. The Kier molecular flexibility index (Phi) is 10.4. The zero-order valence-electron chi connectivity index (χ0n) is 18.6. The third kappa shape index (κ3) is 9.53. The summed E-state index contributed by atoms with van der Waals surface area (Å²) in [6, 6.07) is 17.2. The summed E-state index contributed by atoms with van der Waals surface area (Å²) in [6.07, 6.45) is -0.353. The van der Waals surface area contributed by atoms with Crippen molar-refractivity contribution in [1.82, 2.24) is 16.0 Å². The molecule has 1 atom stereocenters. The zero-order chi connectivity index (χ0) is 22.5. The van der Waals surface area contributed by atoms with Crippen molar-refractivity contribution in [2.75, 3.05) is 19.6 Å². The van der Waals surface area contributed by atoms with Crippen LogP contribution in [0.5, 0.6) is 5.75 Å². The van der Waals surface area contributed by atoms with Crippen molar-refractivity contribution in [3.63, 3.8) is 0 Å². The van der Waals surface area contributed by atoms with Crippen LogP contribution in [0.25, 0.3) is 0 Å². The van der Waals surface area contributed by atoms with E-state index in [1.54, 1.807) is 0 Å². The monoisotopic (exact) mass is 426 g/mol. The highest BCUT2D eigenvalue weighted by molar-refractivity contribution is 5.81. The van der Waals surface area contributed by atoms with Gasteiger partial charge in [0.25, 0.3) is 0 Å². The van der Waals surface area contributed by atoms with Crippen molar-refractivity contribution < 1.29 is 14.6 Å². The molecule has 0 aliphatic heterocycles. The minimum atomic E-state index is -0.750. The lowest BCUT2D eigenvalue weighted by atomic mass is 10.1. The van der Waals surface area contributed by atoms with E-state index in [0.717, 1.165) is 16.9 Å². The van der Waals surface area contributed by atoms with E-state index in [9.17, 15) is 9.90 Å². The van der Waals surface area contributed by atoms with Crippen LogP contribution < -0.4 is 20.7 Å². The molecule has 0 aromatic heterocycles. The average Bonchev–Trinajstić information content (AvgIpc) is 2.76. The third-order valence-electron chi connectivity index (χ3n) is 4.36. The Labute approximate surface area is 184 Å². The van der Waals surface area contributed by atoms with Gasteiger partial charge < -0.3 is 25.8 Å². The highest BCUT2D eigenvalue weighted by Crippen LogP contribution is 2.20. The summed E-state index contributed by atoms with van der Waals surface area (Å²) < 4.78 is 5.68. The molecule has 0 heterocycles. The third-order valence-corrected chi connectivity index (χ3v) is 4.36.